The average Bonchev–Trinajstić information content (AvgIpc) is 3.20. The van der Waals surface area contributed by atoms with E-state index < -0.39 is 10.0 Å². The van der Waals surface area contributed by atoms with Crippen molar-refractivity contribution < 1.29 is 8.42 Å². The van der Waals surface area contributed by atoms with Crippen molar-refractivity contribution in [2.24, 2.45) is 11.7 Å². The fourth-order valence-corrected chi connectivity index (χ4v) is 5.20. The number of piperidine rings is 1. The Labute approximate surface area is 140 Å². The molecule has 1 heterocycles. The standard InChI is InChI=1S/C18H28N2O2S/c1-14(2)23(21,22)20-10-8-15(9-11-20)12-18(19)13-17(18)16-6-4-3-5-7-16/h3-7,14-15,17H,8-13,19H2,1-2H3. The second-order valence-corrected chi connectivity index (χ2v) is 10.0. The predicted octanol–water partition coefficient (Wildman–Crippen LogP) is 2.71. The van der Waals surface area contributed by atoms with Crippen LogP contribution in [0.25, 0.3) is 0 Å². The van der Waals surface area contributed by atoms with Gasteiger partial charge in [-0.15, -0.1) is 0 Å². The molecular formula is C18H28N2O2S. The molecule has 0 amide bonds. The second kappa shape index (κ2) is 6.19. The molecular weight excluding hydrogens is 308 g/mol. The zero-order valence-electron chi connectivity index (χ0n) is 14.1. The van der Waals surface area contributed by atoms with E-state index in [0.717, 1.165) is 25.7 Å². The lowest BCUT2D eigenvalue weighted by atomic mass is 9.88. The van der Waals surface area contributed by atoms with Gasteiger partial charge in [0, 0.05) is 24.5 Å². The van der Waals surface area contributed by atoms with Crippen molar-refractivity contribution in [1.82, 2.24) is 4.31 Å². The summed E-state index contributed by atoms with van der Waals surface area (Å²) in [4.78, 5) is 0. The van der Waals surface area contributed by atoms with Crippen LogP contribution in [0.2, 0.25) is 0 Å². The van der Waals surface area contributed by atoms with Crippen molar-refractivity contribution in [3.8, 4) is 0 Å². The first-order valence-electron chi connectivity index (χ1n) is 8.66. The highest BCUT2D eigenvalue weighted by atomic mass is 32.2. The SMILES string of the molecule is CC(C)S(=O)(=O)N1CCC(CC2(N)CC2c2ccccc2)CC1. The zero-order valence-corrected chi connectivity index (χ0v) is 14.9. The first-order chi connectivity index (χ1) is 10.8. The highest BCUT2D eigenvalue weighted by Crippen LogP contribution is 2.53. The summed E-state index contributed by atoms with van der Waals surface area (Å²) in [5, 5.41) is -0.328. The van der Waals surface area contributed by atoms with E-state index in [0.29, 0.717) is 24.9 Å². The van der Waals surface area contributed by atoms with Crippen LogP contribution in [0, 0.1) is 5.92 Å². The fourth-order valence-electron chi connectivity index (χ4n) is 3.89. The molecule has 1 aromatic carbocycles. The van der Waals surface area contributed by atoms with E-state index in [1.807, 2.05) is 6.07 Å². The normalized spacial score (nSPS) is 29.8. The fraction of sp³-hybridized carbons (Fsp3) is 0.667. The van der Waals surface area contributed by atoms with Gasteiger partial charge < -0.3 is 5.73 Å². The van der Waals surface area contributed by atoms with Crippen LogP contribution in [0.15, 0.2) is 30.3 Å². The molecule has 1 aliphatic heterocycles. The van der Waals surface area contributed by atoms with Crippen LogP contribution in [0.5, 0.6) is 0 Å². The molecule has 0 spiro atoms. The van der Waals surface area contributed by atoms with E-state index in [1.165, 1.54) is 5.56 Å². The molecule has 0 radical (unpaired) electrons. The Balaban J connectivity index is 1.54. The molecule has 1 aliphatic carbocycles. The van der Waals surface area contributed by atoms with E-state index in [1.54, 1.807) is 18.2 Å². The quantitative estimate of drug-likeness (QED) is 0.899. The van der Waals surface area contributed by atoms with Crippen molar-refractivity contribution in [2.45, 2.75) is 56.2 Å². The van der Waals surface area contributed by atoms with E-state index in [4.69, 9.17) is 5.73 Å². The highest BCUT2D eigenvalue weighted by molar-refractivity contribution is 7.89. The lowest BCUT2D eigenvalue weighted by Crippen LogP contribution is -2.43. The predicted molar refractivity (Wildman–Crippen MR) is 93.7 cm³/mol. The molecule has 2 atom stereocenters. The van der Waals surface area contributed by atoms with E-state index in [-0.39, 0.29) is 10.8 Å². The van der Waals surface area contributed by atoms with Gasteiger partial charge in [0.2, 0.25) is 10.0 Å². The number of benzene rings is 1. The third kappa shape index (κ3) is 3.47. The van der Waals surface area contributed by atoms with Gasteiger partial charge in [-0.1, -0.05) is 30.3 Å². The topological polar surface area (TPSA) is 63.4 Å². The molecule has 0 aromatic heterocycles. The van der Waals surface area contributed by atoms with Gasteiger partial charge >= 0.3 is 0 Å². The van der Waals surface area contributed by atoms with Gasteiger partial charge in [0.25, 0.3) is 0 Å². The zero-order chi connectivity index (χ0) is 16.7. The molecule has 4 nitrogen and oxygen atoms in total. The number of sulfonamides is 1. The molecule has 1 aromatic rings. The van der Waals surface area contributed by atoms with Gasteiger partial charge in [-0.3, -0.25) is 0 Å². The van der Waals surface area contributed by atoms with Crippen LogP contribution >= 0.6 is 0 Å². The Kier molecular flexibility index (Phi) is 4.55. The molecule has 1 saturated carbocycles. The third-order valence-electron chi connectivity index (χ3n) is 5.52. The maximum Gasteiger partial charge on any atom is 0.216 e. The Morgan fingerprint density at radius 2 is 1.83 bits per heavy atom. The number of hydrogen-bond acceptors (Lipinski definition) is 3. The maximum atomic E-state index is 12.2. The van der Waals surface area contributed by atoms with Gasteiger partial charge in [-0.05, 0) is 51.0 Å². The molecule has 128 valence electrons. The van der Waals surface area contributed by atoms with E-state index in [2.05, 4.69) is 24.3 Å². The molecule has 2 unspecified atom stereocenters. The summed E-state index contributed by atoms with van der Waals surface area (Å²) < 4.78 is 26.1. The Morgan fingerprint density at radius 1 is 1.22 bits per heavy atom. The van der Waals surface area contributed by atoms with Crippen molar-refractivity contribution >= 4 is 10.0 Å². The van der Waals surface area contributed by atoms with Crippen molar-refractivity contribution in [2.75, 3.05) is 13.1 Å². The van der Waals surface area contributed by atoms with Crippen LogP contribution in [0.3, 0.4) is 0 Å². The number of nitrogens with two attached hydrogens (primary N) is 1. The molecule has 3 rings (SSSR count). The van der Waals surface area contributed by atoms with Crippen LogP contribution < -0.4 is 5.73 Å². The lowest BCUT2D eigenvalue weighted by Gasteiger charge is -2.33. The minimum atomic E-state index is -3.10. The van der Waals surface area contributed by atoms with Crippen molar-refractivity contribution in [1.29, 1.82) is 0 Å². The van der Waals surface area contributed by atoms with Gasteiger partial charge in [0.1, 0.15) is 0 Å². The van der Waals surface area contributed by atoms with Crippen molar-refractivity contribution in [3.63, 3.8) is 0 Å². The molecule has 5 heteroatoms. The van der Waals surface area contributed by atoms with Crippen molar-refractivity contribution in [3.05, 3.63) is 35.9 Å². The summed E-state index contributed by atoms with van der Waals surface area (Å²) in [5.41, 5.74) is 7.85. The van der Waals surface area contributed by atoms with Crippen LogP contribution in [-0.4, -0.2) is 36.6 Å². The molecule has 23 heavy (non-hydrogen) atoms. The first kappa shape index (κ1) is 16.9. The van der Waals surface area contributed by atoms with E-state index >= 15 is 0 Å². The summed E-state index contributed by atoms with van der Waals surface area (Å²) in [6.45, 7) is 4.81. The first-order valence-corrected chi connectivity index (χ1v) is 10.2. The van der Waals surface area contributed by atoms with Crippen LogP contribution in [-0.2, 0) is 10.0 Å². The van der Waals surface area contributed by atoms with Gasteiger partial charge in [-0.25, -0.2) is 12.7 Å². The van der Waals surface area contributed by atoms with Gasteiger partial charge in [0.15, 0.2) is 0 Å². The summed E-state index contributed by atoms with van der Waals surface area (Å²) in [6, 6.07) is 10.5. The molecule has 2 N–H and O–H groups in total. The second-order valence-electron chi connectivity index (χ2n) is 7.54. The molecule has 2 fully saturated rings. The molecule has 1 saturated heterocycles. The molecule has 2 aliphatic rings. The number of nitrogens with zero attached hydrogens (tertiary/aromatic N) is 1. The summed E-state index contributed by atoms with van der Waals surface area (Å²) in [6.07, 6.45) is 3.95. The smallest absolute Gasteiger partial charge is 0.216 e. The Hall–Kier alpha value is -0.910. The lowest BCUT2D eigenvalue weighted by molar-refractivity contribution is 0.247. The Morgan fingerprint density at radius 3 is 2.39 bits per heavy atom. The Bertz CT molecular complexity index is 636. The number of rotatable bonds is 5. The maximum absolute atomic E-state index is 12.2. The van der Waals surface area contributed by atoms with Gasteiger partial charge in [-0.2, -0.15) is 0 Å². The van der Waals surface area contributed by atoms with Crippen LogP contribution in [0.1, 0.15) is 51.0 Å². The molecule has 0 bridgehead atoms. The summed E-state index contributed by atoms with van der Waals surface area (Å²) in [5.74, 6) is 1.02. The average molecular weight is 337 g/mol. The third-order valence-corrected chi connectivity index (χ3v) is 7.79. The minimum Gasteiger partial charge on any atom is -0.325 e. The summed E-state index contributed by atoms with van der Waals surface area (Å²) >= 11 is 0. The highest BCUT2D eigenvalue weighted by Gasteiger charge is 2.52. The monoisotopic (exact) mass is 336 g/mol. The minimum absolute atomic E-state index is 0.0783. The van der Waals surface area contributed by atoms with E-state index in [9.17, 15) is 8.42 Å². The largest absolute Gasteiger partial charge is 0.325 e. The van der Waals surface area contributed by atoms with Crippen LogP contribution in [0.4, 0.5) is 0 Å². The summed E-state index contributed by atoms with van der Waals surface area (Å²) in [7, 11) is -3.10. The number of hydrogen-bond donors (Lipinski definition) is 1. The van der Waals surface area contributed by atoms with Gasteiger partial charge in [0.05, 0.1) is 5.25 Å².